The molecule has 1 aromatic carbocycles. The van der Waals surface area contributed by atoms with Crippen LogP contribution in [0.2, 0.25) is 0 Å². The van der Waals surface area contributed by atoms with Crippen molar-refractivity contribution < 1.29 is 13.6 Å². The molecule has 0 bridgehead atoms. The van der Waals surface area contributed by atoms with E-state index in [0.717, 1.165) is 6.07 Å². The number of carbonyl (C=O) groups is 1. The molecule has 1 N–H and O–H groups in total. The lowest BCUT2D eigenvalue weighted by Gasteiger charge is -2.08. The van der Waals surface area contributed by atoms with Gasteiger partial charge in [-0.1, -0.05) is 6.07 Å². The summed E-state index contributed by atoms with van der Waals surface area (Å²) in [6, 6.07) is 6.07. The van der Waals surface area contributed by atoms with Crippen LogP contribution in [0.1, 0.15) is 17.3 Å². The molecule has 0 fully saturated rings. The fourth-order valence-corrected chi connectivity index (χ4v) is 1.73. The van der Waals surface area contributed by atoms with Crippen molar-refractivity contribution in [2.45, 2.75) is 13.5 Å². The topological polar surface area (TPSA) is 51.1 Å². The summed E-state index contributed by atoms with van der Waals surface area (Å²) in [5.41, 5.74) is -0.262. The number of pyridine rings is 1. The Hall–Kier alpha value is -2.50. The number of halogens is 2. The molecule has 20 heavy (non-hydrogen) atoms. The first-order valence-electron chi connectivity index (χ1n) is 5.98. The number of amides is 1. The quantitative estimate of drug-likeness (QED) is 0.937. The van der Waals surface area contributed by atoms with Crippen molar-refractivity contribution in [3.63, 3.8) is 0 Å². The van der Waals surface area contributed by atoms with Gasteiger partial charge in [-0.25, -0.2) is 8.78 Å². The van der Waals surface area contributed by atoms with E-state index < -0.39 is 17.5 Å². The fraction of sp³-hybridized carbons (Fsp3) is 0.143. The molecule has 1 aromatic heterocycles. The number of nitrogens with one attached hydrogen (secondary N) is 1. The highest BCUT2D eigenvalue weighted by Crippen LogP contribution is 2.13. The molecule has 104 valence electrons. The summed E-state index contributed by atoms with van der Waals surface area (Å²) in [7, 11) is 0. The maximum absolute atomic E-state index is 13.5. The third kappa shape index (κ3) is 2.74. The lowest BCUT2D eigenvalue weighted by atomic mass is 10.2. The first kappa shape index (κ1) is 13.9. The Morgan fingerprint density at radius 2 is 2.00 bits per heavy atom. The normalized spacial score (nSPS) is 10.3. The summed E-state index contributed by atoms with van der Waals surface area (Å²) < 4.78 is 27.9. The molecular formula is C14H12F2N2O2. The second-order valence-electron chi connectivity index (χ2n) is 4.10. The summed E-state index contributed by atoms with van der Waals surface area (Å²) >= 11 is 0. The van der Waals surface area contributed by atoms with Gasteiger partial charge in [0.05, 0.1) is 11.3 Å². The number of nitrogens with zero attached hydrogens (tertiary/aromatic N) is 1. The molecule has 6 heteroatoms. The van der Waals surface area contributed by atoms with Gasteiger partial charge in [-0.15, -0.1) is 0 Å². The average Bonchev–Trinajstić information content (AvgIpc) is 2.43. The Labute approximate surface area is 113 Å². The highest BCUT2D eigenvalue weighted by molar-refractivity contribution is 6.04. The van der Waals surface area contributed by atoms with E-state index in [1.54, 1.807) is 6.92 Å². The molecule has 0 aliphatic carbocycles. The molecule has 0 aliphatic heterocycles. The average molecular weight is 278 g/mol. The van der Waals surface area contributed by atoms with Gasteiger partial charge in [0.25, 0.3) is 11.5 Å². The second-order valence-corrected chi connectivity index (χ2v) is 4.10. The van der Waals surface area contributed by atoms with Crippen molar-refractivity contribution in [2.75, 3.05) is 5.32 Å². The zero-order valence-corrected chi connectivity index (χ0v) is 10.7. The molecule has 0 unspecified atom stereocenters. The zero-order chi connectivity index (χ0) is 14.7. The lowest BCUT2D eigenvalue weighted by molar-refractivity contribution is 0.102. The SMILES string of the molecule is CCn1cc(NC(=O)c2cccc(F)c2F)ccc1=O. The summed E-state index contributed by atoms with van der Waals surface area (Å²) in [6.07, 6.45) is 1.44. The first-order valence-corrected chi connectivity index (χ1v) is 5.98. The monoisotopic (exact) mass is 278 g/mol. The second kappa shape index (κ2) is 5.64. The van der Waals surface area contributed by atoms with E-state index >= 15 is 0 Å². The van der Waals surface area contributed by atoms with Crippen LogP contribution >= 0.6 is 0 Å². The van der Waals surface area contributed by atoms with Gasteiger partial charge >= 0.3 is 0 Å². The fourth-order valence-electron chi connectivity index (χ4n) is 1.73. The Morgan fingerprint density at radius 1 is 1.25 bits per heavy atom. The number of aryl methyl sites for hydroxylation is 1. The lowest BCUT2D eigenvalue weighted by Crippen LogP contribution is -2.20. The van der Waals surface area contributed by atoms with Crippen LogP contribution in [0.4, 0.5) is 14.5 Å². The summed E-state index contributed by atoms with van der Waals surface area (Å²) in [5.74, 6) is -3.06. The number of hydrogen-bond acceptors (Lipinski definition) is 2. The van der Waals surface area contributed by atoms with Crippen molar-refractivity contribution in [3.8, 4) is 0 Å². The maximum Gasteiger partial charge on any atom is 0.258 e. The number of aromatic nitrogens is 1. The van der Waals surface area contributed by atoms with Gasteiger partial charge in [-0.3, -0.25) is 9.59 Å². The molecule has 2 rings (SSSR count). The minimum atomic E-state index is -1.20. The summed E-state index contributed by atoms with van der Waals surface area (Å²) in [6.45, 7) is 2.22. The third-order valence-corrected chi connectivity index (χ3v) is 2.78. The Morgan fingerprint density at radius 3 is 2.70 bits per heavy atom. The predicted octanol–water partition coefficient (Wildman–Crippen LogP) is 2.40. The zero-order valence-electron chi connectivity index (χ0n) is 10.7. The largest absolute Gasteiger partial charge is 0.321 e. The van der Waals surface area contributed by atoms with Gasteiger partial charge < -0.3 is 9.88 Å². The van der Waals surface area contributed by atoms with Gasteiger partial charge in [0.15, 0.2) is 11.6 Å². The Balaban J connectivity index is 2.28. The molecule has 0 saturated heterocycles. The van der Waals surface area contributed by atoms with E-state index in [9.17, 15) is 18.4 Å². The Kier molecular flexibility index (Phi) is 3.93. The van der Waals surface area contributed by atoms with Gasteiger partial charge in [-0.05, 0) is 25.1 Å². The van der Waals surface area contributed by atoms with E-state index in [-0.39, 0.29) is 11.1 Å². The molecule has 0 atom stereocenters. The molecular weight excluding hydrogens is 266 g/mol. The number of rotatable bonds is 3. The van der Waals surface area contributed by atoms with Crippen LogP contribution in [0, 0.1) is 11.6 Å². The van der Waals surface area contributed by atoms with Crippen LogP contribution in [0.5, 0.6) is 0 Å². The summed E-state index contributed by atoms with van der Waals surface area (Å²) in [5, 5.41) is 2.42. The van der Waals surface area contributed by atoms with Crippen molar-refractivity contribution in [3.05, 3.63) is 64.1 Å². The maximum atomic E-state index is 13.5. The molecule has 0 aliphatic rings. The molecule has 0 spiro atoms. The van der Waals surface area contributed by atoms with E-state index in [1.807, 2.05) is 0 Å². The third-order valence-electron chi connectivity index (χ3n) is 2.78. The van der Waals surface area contributed by atoms with Crippen LogP contribution in [0.25, 0.3) is 0 Å². The van der Waals surface area contributed by atoms with Crippen LogP contribution < -0.4 is 10.9 Å². The standard InChI is InChI=1S/C14H12F2N2O2/c1-2-18-8-9(6-7-12(18)19)17-14(20)10-4-3-5-11(15)13(10)16/h3-8H,2H2,1H3,(H,17,20). The van der Waals surface area contributed by atoms with Crippen molar-refractivity contribution in [1.29, 1.82) is 0 Å². The van der Waals surface area contributed by atoms with Crippen molar-refractivity contribution in [2.24, 2.45) is 0 Å². The van der Waals surface area contributed by atoms with Gasteiger partial charge in [0.1, 0.15) is 0 Å². The highest BCUT2D eigenvalue weighted by Gasteiger charge is 2.15. The van der Waals surface area contributed by atoms with Crippen molar-refractivity contribution in [1.82, 2.24) is 4.57 Å². The van der Waals surface area contributed by atoms with Crippen LogP contribution in [-0.4, -0.2) is 10.5 Å². The van der Waals surface area contributed by atoms with Gasteiger partial charge in [0, 0.05) is 18.8 Å². The van der Waals surface area contributed by atoms with E-state index in [2.05, 4.69) is 5.32 Å². The van der Waals surface area contributed by atoms with Gasteiger partial charge in [0.2, 0.25) is 0 Å². The minimum Gasteiger partial charge on any atom is -0.321 e. The van der Waals surface area contributed by atoms with Crippen molar-refractivity contribution >= 4 is 11.6 Å². The highest BCUT2D eigenvalue weighted by atomic mass is 19.2. The van der Waals surface area contributed by atoms with Gasteiger partial charge in [-0.2, -0.15) is 0 Å². The first-order chi connectivity index (χ1) is 9.52. The number of benzene rings is 1. The minimum absolute atomic E-state index is 0.206. The molecule has 2 aromatic rings. The van der Waals surface area contributed by atoms with Crippen LogP contribution in [0.3, 0.4) is 0 Å². The summed E-state index contributed by atoms with van der Waals surface area (Å²) in [4.78, 5) is 23.3. The molecule has 0 saturated carbocycles. The smallest absolute Gasteiger partial charge is 0.258 e. The Bertz CT molecular complexity index is 711. The van der Waals surface area contributed by atoms with Crippen LogP contribution in [0.15, 0.2) is 41.3 Å². The number of carbonyl (C=O) groups excluding carboxylic acids is 1. The number of anilines is 1. The number of hydrogen-bond donors (Lipinski definition) is 1. The van der Waals surface area contributed by atoms with Crippen LogP contribution in [-0.2, 0) is 6.54 Å². The molecule has 1 heterocycles. The molecule has 0 radical (unpaired) electrons. The molecule has 1 amide bonds. The van der Waals surface area contributed by atoms with E-state index in [1.165, 1.54) is 35.0 Å². The van der Waals surface area contributed by atoms with E-state index in [0.29, 0.717) is 12.2 Å². The predicted molar refractivity (Wildman–Crippen MR) is 70.7 cm³/mol. The molecule has 4 nitrogen and oxygen atoms in total. The van der Waals surface area contributed by atoms with E-state index in [4.69, 9.17) is 0 Å².